The van der Waals surface area contributed by atoms with E-state index >= 15 is 0 Å². The largest absolute Gasteiger partial charge is 0.385 e. The zero-order valence-corrected chi connectivity index (χ0v) is 19.6. The van der Waals surface area contributed by atoms with Crippen LogP contribution >= 0.6 is 12.2 Å². The molecule has 1 fully saturated rings. The molecule has 2 aromatic carbocycles. The summed E-state index contributed by atoms with van der Waals surface area (Å²) in [5.41, 5.74) is 1.97. The number of amides is 1. The highest BCUT2D eigenvalue weighted by molar-refractivity contribution is 7.71. The summed E-state index contributed by atoms with van der Waals surface area (Å²) in [6, 6.07) is 15.1. The molecule has 0 aliphatic carbocycles. The highest BCUT2D eigenvalue weighted by Crippen LogP contribution is 2.19. The van der Waals surface area contributed by atoms with E-state index in [1.165, 1.54) is 4.57 Å². The van der Waals surface area contributed by atoms with E-state index in [4.69, 9.17) is 21.7 Å². The number of benzene rings is 2. The van der Waals surface area contributed by atoms with Gasteiger partial charge in [0.1, 0.15) is 0 Å². The van der Waals surface area contributed by atoms with Crippen molar-refractivity contribution in [1.29, 1.82) is 0 Å². The molecule has 0 bridgehead atoms. The second kappa shape index (κ2) is 10.9. The van der Waals surface area contributed by atoms with E-state index in [0.717, 1.165) is 25.0 Å². The molecule has 174 valence electrons. The Morgan fingerprint density at radius 1 is 1.27 bits per heavy atom. The molecule has 8 heteroatoms. The van der Waals surface area contributed by atoms with Gasteiger partial charge in [0.05, 0.1) is 17.0 Å². The SMILES string of the molecule is COCCCn1c(=S)[nH]c2cc(C(=O)N(Cc3ccccc3)CC3CCCO3)ccc2c1=O. The van der Waals surface area contributed by atoms with Crippen LogP contribution in [0.2, 0.25) is 0 Å². The number of carbonyl (C=O) groups excluding carboxylic acids is 1. The molecule has 1 N–H and O–H groups in total. The Bertz CT molecular complexity index is 1220. The van der Waals surface area contributed by atoms with Gasteiger partial charge in [0, 0.05) is 45.5 Å². The molecule has 1 atom stereocenters. The normalized spacial score (nSPS) is 15.7. The molecule has 4 rings (SSSR count). The number of rotatable bonds is 9. The number of H-pyrrole nitrogens is 1. The summed E-state index contributed by atoms with van der Waals surface area (Å²) < 4.78 is 12.8. The number of hydrogen-bond acceptors (Lipinski definition) is 5. The van der Waals surface area contributed by atoms with E-state index in [9.17, 15) is 9.59 Å². The number of aromatic amines is 1. The molecular formula is C25H29N3O4S. The summed E-state index contributed by atoms with van der Waals surface area (Å²) >= 11 is 5.41. The fourth-order valence-corrected chi connectivity index (χ4v) is 4.48. The minimum Gasteiger partial charge on any atom is -0.385 e. The van der Waals surface area contributed by atoms with E-state index in [1.54, 1.807) is 25.3 Å². The lowest BCUT2D eigenvalue weighted by Crippen LogP contribution is -2.37. The maximum Gasteiger partial charge on any atom is 0.262 e. The van der Waals surface area contributed by atoms with Gasteiger partial charge in [0.2, 0.25) is 0 Å². The average Bonchev–Trinajstić information content (AvgIpc) is 3.34. The molecule has 1 aliphatic heterocycles. The molecule has 1 unspecified atom stereocenters. The number of fused-ring (bicyclic) bond motifs is 1. The number of ether oxygens (including phenoxy) is 2. The zero-order chi connectivity index (χ0) is 23.2. The minimum absolute atomic E-state index is 0.0447. The Labute approximate surface area is 197 Å². The maximum absolute atomic E-state index is 13.5. The number of nitrogens with one attached hydrogen (secondary N) is 1. The Morgan fingerprint density at radius 3 is 2.82 bits per heavy atom. The lowest BCUT2D eigenvalue weighted by atomic mass is 10.1. The van der Waals surface area contributed by atoms with Crippen LogP contribution in [0.1, 0.15) is 35.2 Å². The average molecular weight is 468 g/mol. The third kappa shape index (κ3) is 5.58. The molecule has 1 aliphatic rings. The first-order chi connectivity index (χ1) is 16.1. The number of aromatic nitrogens is 2. The van der Waals surface area contributed by atoms with Crippen molar-refractivity contribution >= 4 is 29.0 Å². The molecule has 1 saturated heterocycles. The number of hydrogen-bond donors (Lipinski definition) is 1. The smallest absolute Gasteiger partial charge is 0.262 e. The second-order valence-electron chi connectivity index (χ2n) is 8.30. The van der Waals surface area contributed by atoms with Gasteiger partial charge in [-0.05, 0) is 55.2 Å². The molecule has 2 heterocycles. The Morgan fingerprint density at radius 2 is 2.09 bits per heavy atom. The molecule has 0 saturated carbocycles. The topological polar surface area (TPSA) is 76.6 Å². The molecule has 7 nitrogen and oxygen atoms in total. The van der Waals surface area contributed by atoms with E-state index in [1.807, 2.05) is 35.2 Å². The van der Waals surface area contributed by atoms with Gasteiger partial charge in [-0.15, -0.1) is 0 Å². The molecule has 3 aromatic rings. The molecule has 33 heavy (non-hydrogen) atoms. The number of methoxy groups -OCH3 is 1. The predicted molar refractivity (Wildman–Crippen MR) is 130 cm³/mol. The minimum atomic E-state index is -0.163. The summed E-state index contributed by atoms with van der Waals surface area (Å²) in [5.74, 6) is -0.0974. The third-order valence-electron chi connectivity index (χ3n) is 5.91. The van der Waals surface area contributed by atoms with Crippen molar-refractivity contribution in [3.8, 4) is 0 Å². The van der Waals surface area contributed by atoms with Gasteiger partial charge in [-0.3, -0.25) is 14.2 Å². The van der Waals surface area contributed by atoms with Crippen molar-refractivity contribution in [3.05, 3.63) is 74.8 Å². The summed E-state index contributed by atoms with van der Waals surface area (Å²) in [4.78, 5) is 31.4. The fraction of sp³-hybridized carbons (Fsp3) is 0.400. The van der Waals surface area contributed by atoms with Crippen LogP contribution in [-0.4, -0.2) is 53.3 Å². The van der Waals surface area contributed by atoms with E-state index in [2.05, 4.69) is 4.98 Å². The van der Waals surface area contributed by atoms with Crippen LogP contribution in [-0.2, 0) is 22.6 Å². The first-order valence-corrected chi connectivity index (χ1v) is 11.7. The molecule has 1 amide bonds. The predicted octanol–water partition coefficient (Wildman–Crippen LogP) is 3.92. The van der Waals surface area contributed by atoms with Gasteiger partial charge in [-0.25, -0.2) is 0 Å². The van der Waals surface area contributed by atoms with Crippen molar-refractivity contribution in [2.45, 2.75) is 38.5 Å². The van der Waals surface area contributed by atoms with Crippen LogP contribution in [0.25, 0.3) is 10.9 Å². The van der Waals surface area contributed by atoms with Crippen molar-refractivity contribution in [2.75, 3.05) is 26.9 Å². The van der Waals surface area contributed by atoms with Crippen LogP contribution in [0.4, 0.5) is 0 Å². The van der Waals surface area contributed by atoms with Crippen molar-refractivity contribution in [3.63, 3.8) is 0 Å². The highest BCUT2D eigenvalue weighted by atomic mass is 32.1. The van der Waals surface area contributed by atoms with Crippen LogP contribution < -0.4 is 5.56 Å². The second-order valence-corrected chi connectivity index (χ2v) is 8.69. The van der Waals surface area contributed by atoms with Gasteiger partial charge in [0.25, 0.3) is 11.5 Å². The van der Waals surface area contributed by atoms with Crippen molar-refractivity contribution in [2.24, 2.45) is 0 Å². The lowest BCUT2D eigenvalue weighted by molar-refractivity contribution is 0.0507. The van der Waals surface area contributed by atoms with Gasteiger partial charge < -0.3 is 19.4 Å². The maximum atomic E-state index is 13.5. The Hall–Kier alpha value is -2.81. The molecule has 0 spiro atoms. The van der Waals surface area contributed by atoms with Gasteiger partial charge in [-0.2, -0.15) is 0 Å². The standard InChI is InChI=1S/C25H29N3O4S/c1-31-13-6-12-28-24(30)21-11-10-19(15-22(21)26-25(28)33)23(29)27(17-20-9-5-14-32-20)16-18-7-3-2-4-8-18/h2-4,7-8,10-11,15,20H,5-6,9,12-14,16-17H2,1H3,(H,26,33). The number of carbonyl (C=O) groups is 1. The monoisotopic (exact) mass is 467 g/mol. The Balaban J connectivity index is 1.63. The van der Waals surface area contributed by atoms with Gasteiger partial charge in [0.15, 0.2) is 4.77 Å². The molecule has 0 radical (unpaired) electrons. The first-order valence-electron chi connectivity index (χ1n) is 11.3. The third-order valence-corrected chi connectivity index (χ3v) is 6.23. The lowest BCUT2D eigenvalue weighted by Gasteiger charge is -2.26. The van der Waals surface area contributed by atoms with Gasteiger partial charge >= 0.3 is 0 Å². The van der Waals surface area contributed by atoms with Crippen molar-refractivity contribution in [1.82, 2.24) is 14.5 Å². The van der Waals surface area contributed by atoms with Crippen LogP contribution in [0, 0.1) is 4.77 Å². The summed E-state index contributed by atoms with van der Waals surface area (Å²) in [6.45, 7) is 2.79. The van der Waals surface area contributed by atoms with Gasteiger partial charge in [-0.1, -0.05) is 30.3 Å². The van der Waals surface area contributed by atoms with Crippen molar-refractivity contribution < 1.29 is 14.3 Å². The molecular weight excluding hydrogens is 438 g/mol. The first kappa shape index (κ1) is 23.4. The molecule has 1 aromatic heterocycles. The number of nitrogens with zero attached hydrogens (tertiary/aromatic N) is 2. The summed E-state index contributed by atoms with van der Waals surface area (Å²) in [5, 5.41) is 0.506. The van der Waals surface area contributed by atoms with Crippen LogP contribution in [0.5, 0.6) is 0 Å². The highest BCUT2D eigenvalue weighted by Gasteiger charge is 2.24. The van der Waals surface area contributed by atoms with Crippen LogP contribution in [0.15, 0.2) is 53.3 Å². The quantitative estimate of drug-likeness (QED) is 0.381. The Kier molecular flexibility index (Phi) is 7.69. The van der Waals surface area contributed by atoms with E-state index in [-0.39, 0.29) is 17.6 Å². The zero-order valence-electron chi connectivity index (χ0n) is 18.8. The summed E-state index contributed by atoms with van der Waals surface area (Å²) in [7, 11) is 1.63. The fourth-order valence-electron chi connectivity index (χ4n) is 4.20. The van der Waals surface area contributed by atoms with E-state index in [0.29, 0.717) is 53.9 Å². The van der Waals surface area contributed by atoms with E-state index < -0.39 is 0 Å². The summed E-state index contributed by atoms with van der Waals surface area (Å²) in [6.07, 6.45) is 2.70. The van der Waals surface area contributed by atoms with Crippen LogP contribution in [0.3, 0.4) is 0 Å².